The monoisotopic (exact) mass is 329 g/mol. The quantitative estimate of drug-likeness (QED) is 0.681. The summed E-state index contributed by atoms with van der Waals surface area (Å²) < 4.78 is 18.7. The van der Waals surface area contributed by atoms with Crippen LogP contribution in [-0.4, -0.2) is 54.7 Å². The summed E-state index contributed by atoms with van der Waals surface area (Å²) in [5.41, 5.74) is 0.419. The summed E-state index contributed by atoms with van der Waals surface area (Å²) in [5, 5.41) is 2.79. The van der Waals surface area contributed by atoms with Gasteiger partial charge in [-0.25, -0.2) is 9.18 Å². The largest absolute Gasteiger partial charge is 0.479 e. The van der Waals surface area contributed by atoms with Gasteiger partial charge in [-0.05, 0) is 18.6 Å². The maximum atomic E-state index is 13.4. The zero-order valence-corrected chi connectivity index (χ0v) is 13.4. The first-order valence-electron chi connectivity index (χ1n) is 7.98. The van der Waals surface area contributed by atoms with Crippen molar-refractivity contribution < 1.29 is 13.9 Å². The Morgan fingerprint density at radius 2 is 2.21 bits per heavy atom. The standard InChI is InChI=1S/C18H20FN3O2/c1-2-11-24-17-12-14(19)5-6-16(17)20-18(23)22-10-7-15(13-22)21-8-3-4-9-21/h1,3-6,12,15H,7-11,13H2,(H,20,23)/t15-/m0/s1. The number of ether oxygens (including phenoxy) is 1. The van der Waals surface area contributed by atoms with Crippen LogP contribution in [0.3, 0.4) is 0 Å². The molecule has 1 atom stereocenters. The van der Waals surface area contributed by atoms with E-state index in [1.165, 1.54) is 18.2 Å². The Hall–Kier alpha value is -2.52. The molecular weight excluding hydrogens is 309 g/mol. The third-order valence-corrected chi connectivity index (χ3v) is 4.31. The fourth-order valence-corrected chi connectivity index (χ4v) is 3.05. The second kappa shape index (κ2) is 7.37. The molecule has 2 aliphatic heterocycles. The summed E-state index contributed by atoms with van der Waals surface area (Å²) in [6, 6.07) is 4.16. The number of hydrogen-bond donors (Lipinski definition) is 1. The molecule has 1 aromatic rings. The zero-order valence-electron chi connectivity index (χ0n) is 13.4. The van der Waals surface area contributed by atoms with Gasteiger partial charge < -0.3 is 15.0 Å². The Labute approximate surface area is 141 Å². The van der Waals surface area contributed by atoms with Crippen molar-refractivity contribution in [2.45, 2.75) is 12.5 Å². The van der Waals surface area contributed by atoms with E-state index in [1.807, 2.05) is 0 Å². The number of likely N-dealkylation sites (tertiary alicyclic amines) is 1. The Balaban J connectivity index is 1.62. The van der Waals surface area contributed by atoms with E-state index in [4.69, 9.17) is 11.2 Å². The number of hydrogen-bond acceptors (Lipinski definition) is 3. The smallest absolute Gasteiger partial charge is 0.322 e. The van der Waals surface area contributed by atoms with Crippen molar-refractivity contribution in [3.05, 3.63) is 36.2 Å². The Bertz CT molecular complexity index is 675. The molecule has 2 aliphatic rings. The molecule has 0 radical (unpaired) electrons. The molecule has 0 unspecified atom stereocenters. The lowest BCUT2D eigenvalue weighted by Gasteiger charge is -2.24. The number of carbonyl (C=O) groups is 1. The average molecular weight is 329 g/mol. The van der Waals surface area contributed by atoms with Gasteiger partial charge in [0.05, 0.1) is 5.69 Å². The highest BCUT2D eigenvalue weighted by molar-refractivity contribution is 5.91. The minimum absolute atomic E-state index is 0.0140. The molecule has 6 heteroatoms. The first-order valence-corrected chi connectivity index (χ1v) is 7.98. The van der Waals surface area contributed by atoms with Crippen molar-refractivity contribution in [3.8, 4) is 18.1 Å². The van der Waals surface area contributed by atoms with E-state index in [0.29, 0.717) is 24.8 Å². The van der Waals surface area contributed by atoms with Crippen molar-refractivity contribution in [2.75, 3.05) is 38.1 Å². The predicted octanol–water partition coefficient (Wildman–Crippen LogP) is 2.32. The number of amides is 2. The predicted molar refractivity (Wildman–Crippen MR) is 90.4 cm³/mol. The summed E-state index contributed by atoms with van der Waals surface area (Å²) in [6.45, 7) is 3.30. The molecule has 2 amide bonds. The number of nitrogens with zero attached hydrogens (tertiary/aromatic N) is 2. The maximum absolute atomic E-state index is 13.4. The summed E-state index contributed by atoms with van der Waals surface area (Å²) in [7, 11) is 0. The molecule has 2 heterocycles. The first kappa shape index (κ1) is 16.3. The van der Waals surface area contributed by atoms with Crippen molar-refractivity contribution in [2.24, 2.45) is 0 Å². The van der Waals surface area contributed by atoms with Crippen LogP contribution in [0.5, 0.6) is 5.75 Å². The Morgan fingerprint density at radius 3 is 2.96 bits per heavy atom. The van der Waals surface area contributed by atoms with E-state index in [-0.39, 0.29) is 18.4 Å². The van der Waals surface area contributed by atoms with Crippen LogP contribution in [0.25, 0.3) is 0 Å². The number of benzene rings is 1. The summed E-state index contributed by atoms with van der Waals surface area (Å²) in [5.74, 6) is 2.12. The number of halogens is 1. The lowest BCUT2D eigenvalue weighted by atomic mass is 10.2. The topological polar surface area (TPSA) is 44.8 Å². The number of urea groups is 1. The van der Waals surface area contributed by atoms with Gasteiger partial charge in [-0.15, -0.1) is 6.42 Å². The van der Waals surface area contributed by atoms with Crippen LogP contribution in [0, 0.1) is 18.2 Å². The second-order valence-corrected chi connectivity index (χ2v) is 5.88. The Kier molecular flexibility index (Phi) is 5.02. The molecule has 0 saturated carbocycles. The lowest BCUT2D eigenvalue weighted by Crippen LogP contribution is -2.39. The summed E-state index contributed by atoms with van der Waals surface area (Å²) in [4.78, 5) is 16.6. The summed E-state index contributed by atoms with van der Waals surface area (Å²) in [6.07, 6.45) is 10.4. The van der Waals surface area contributed by atoms with Gasteiger partial charge in [0.15, 0.2) is 0 Å². The van der Waals surface area contributed by atoms with Gasteiger partial charge in [0, 0.05) is 38.3 Å². The van der Waals surface area contributed by atoms with Crippen LogP contribution >= 0.6 is 0 Å². The maximum Gasteiger partial charge on any atom is 0.322 e. The molecule has 126 valence electrons. The van der Waals surface area contributed by atoms with Crippen LogP contribution in [0.15, 0.2) is 30.4 Å². The number of nitrogens with one attached hydrogen (secondary N) is 1. The number of rotatable bonds is 4. The van der Waals surface area contributed by atoms with E-state index in [9.17, 15) is 9.18 Å². The average Bonchev–Trinajstić information content (AvgIpc) is 3.25. The van der Waals surface area contributed by atoms with Gasteiger partial charge in [-0.2, -0.15) is 0 Å². The molecule has 1 N–H and O–H groups in total. The highest BCUT2D eigenvalue weighted by Crippen LogP contribution is 2.26. The number of terminal acetylenes is 1. The molecule has 3 rings (SSSR count). The van der Waals surface area contributed by atoms with Crippen molar-refractivity contribution in [1.29, 1.82) is 0 Å². The van der Waals surface area contributed by atoms with Gasteiger partial charge in [0.1, 0.15) is 18.2 Å². The minimum atomic E-state index is -0.442. The summed E-state index contributed by atoms with van der Waals surface area (Å²) >= 11 is 0. The van der Waals surface area contributed by atoms with Gasteiger partial charge in [-0.3, -0.25) is 4.90 Å². The van der Waals surface area contributed by atoms with E-state index in [0.717, 1.165) is 19.5 Å². The highest BCUT2D eigenvalue weighted by atomic mass is 19.1. The zero-order chi connectivity index (χ0) is 16.9. The van der Waals surface area contributed by atoms with Crippen molar-refractivity contribution in [1.82, 2.24) is 9.80 Å². The Morgan fingerprint density at radius 1 is 1.42 bits per heavy atom. The third-order valence-electron chi connectivity index (χ3n) is 4.31. The molecule has 1 fully saturated rings. The van der Waals surface area contributed by atoms with Crippen LogP contribution in [0.1, 0.15) is 6.42 Å². The van der Waals surface area contributed by atoms with Crippen molar-refractivity contribution in [3.63, 3.8) is 0 Å². The van der Waals surface area contributed by atoms with Gasteiger partial charge in [0.2, 0.25) is 0 Å². The molecule has 1 aromatic carbocycles. The van der Waals surface area contributed by atoms with Gasteiger partial charge >= 0.3 is 6.03 Å². The highest BCUT2D eigenvalue weighted by Gasteiger charge is 2.30. The second-order valence-electron chi connectivity index (χ2n) is 5.88. The van der Waals surface area contributed by atoms with Gasteiger partial charge in [-0.1, -0.05) is 18.1 Å². The molecule has 0 spiro atoms. The lowest BCUT2D eigenvalue weighted by molar-refractivity contribution is 0.212. The molecule has 5 nitrogen and oxygen atoms in total. The van der Waals surface area contributed by atoms with Crippen molar-refractivity contribution >= 4 is 11.7 Å². The first-order chi connectivity index (χ1) is 11.7. The molecule has 0 aromatic heterocycles. The molecule has 24 heavy (non-hydrogen) atoms. The van der Waals surface area contributed by atoms with Crippen LogP contribution in [0.2, 0.25) is 0 Å². The normalized spacial score (nSPS) is 20.2. The minimum Gasteiger partial charge on any atom is -0.479 e. The van der Waals surface area contributed by atoms with Crippen LogP contribution < -0.4 is 10.1 Å². The molecule has 1 saturated heterocycles. The van der Waals surface area contributed by atoms with E-state index in [2.05, 4.69) is 28.3 Å². The van der Waals surface area contributed by atoms with Crippen LogP contribution in [0.4, 0.5) is 14.9 Å². The van der Waals surface area contributed by atoms with Gasteiger partial charge in [0.25, 0.3) is 0 Å². The fraction of sp³-hybridized carbons (Fsp3) is 0.389. The van der Waals surface area contributed by atoms with E-state index < -0.39 is 5.82 Å². The number of anilines is 1. The molecular formula is C18H20FN3O2. The number of carbonyl (C=O) groups excluding carboxylic acids is 1. The fourth-order valence-electron chi connectivity index (χ4n) is 3.05. The van der Waals surface area contributed by atoms with E-state index in [1.54, 1.807) is 4.90 Å². The van der Waals surface area contributed by atoms with E-state index >= 15 is 0 Å². The molecule has 0 aliphatic carbocycles. The third kappa shape index (κ3) is 3.69. The SMILES string of the molecule is C#CCOc1cc(F)ccc1NC(=O)N1CC[C@H](N2CC=CC2)C1. The molecule has 0 bridgehead atoms. The van der Waals surface area contributed by atoms with Crippen LogP contribution in [-0.2, 0) is 0 Å².